The van der Waals surface area contributed by atoms with Crippen LogP contribution in [0.1, 0.15) is 17.5 Å². The molecule has 0 aromatic heterocycles. The standard InChI is InChI=1S/C18H14F4N2O3/c19-12-6-5-11(18(20,21)22)7-10(12)9-24-13-3-1-2-4-14(13)27-15(17(24)26)8-16(23)25/h1-7,15H,8-9H2,(H2,23,25). The lowest BCUT2D eigenvalue weighted by atomic mass is 10.1. The first kappa shape index (κ1) is 18.7. The van der Waals surface area contributed by atoms with Crippen molar-refractivity contribution in [2.45, 2.75) is 25.2 Å². The minimum absolute atomic E-state index is 0.246. The zero-order chi connectivity index (χ0) is 19.8. The molecule has 1 atom stereocenters. The van der Waals surface area contributed by atoms with E-state index in [2.05, 4.69) is 0 Å². The highest BCUT2D eigenvalue weighted by molar-refractivity contribution is 6.01. The van der Waals surface area contributed by atoms with E-state index in [-0.39, 0.29) is 17.0 Å². The van der Waals surface area contributed by atoms with Crippen molar-refractivity contribution in [2.75, 3.05) is 4.90 Å². The summed E-state index contributed by atoms with van der Waals surface area (Å²) >= 11 is 0. The molecule has 2 aromatic carbocycles. The van der Waals surface area contributed by atoms with Gasteiger partial charge >= 0.3 is 6.18 Å². The number of amides is 2. The van der Waals surface area contributed by atoms with Gasteiger partial charge in [0, 0.05) is 5.56 Å². The van der Waals surface area contributed by atoms with Crippen LogP contribution in [0.5, 0.6) is 5.75 Å². The van der Waals surface area contributed by atoms with Crippen LogP contribution in [0, 0.1) is 5.82 Å². The van der Waals surface area contributed by atoms with Crippen LogP contribution >= 0.6 is 0 Å². The Morgan fingerprint density at radius 3 is 2.56 bits per heavy atom. The number of hydrogen-bond acceptors (Lipinski definition) is 3. The van der Waals surface area contributed by atoms with Crippen LogP contribution < -0.4 is 15.4 Å². The molecule has 1 heterocycles. The van der Waals surface area contributed by atoms with Crippen LogP contribution in [0.25, 0.3) is 0 Å². The molecule has 2 aromatic rings. The molecule has 142 valence electrons. The number of fused-ring (bicyclic) bond motifs is 1. The molecule has 27 heavy (non-hydrogen) atoms. The Hall–Kier alpha value is -3.10. The van der Waals surface area contributed by atoms with E-state index in [1.165, 1.54) is 12.1 Å². The smallest absolute Gasteiger partial charge is 0.416 e. The van der Waals surface area contributed by atoms with Crippen molar-refractivity contribution in [1.29, 1.82) is 0 Å². The minimum atomic E-state index is -4.65. The molecule has 0 saturated carbocycles. The number of nitrogens with zero attached hydrogens (tertiary/aromatic N) is 1. The minimum Gasteiger partial charge on any atom is -0.478 e. The van der Waals surface area contributed by atoms with E-state index >= 15 is 0 Å². The highest BCUT2D eigenvalue weighted by Crippen LogP contribution is 2.36. The van der Waals surface area contributed by atoms with E-state index in [4.69, 9.17) is 10.5 Å². The molecular weight excluding hydrogens is 368 g/mol. The number of carbonyl (C=O) groups is 2. The first-order valence-electron chi connectivity index (χ1n) is 7.88. The quantitative estimate of drug-likeness (QED) is 0.827. The van der Waals surface area contributed by atoms with Crippen LogP contribution in [-0.2, 0) is 22.3 Å². The highest BCUT2D eigenvalue weighted by Gasteiger charge is 2.36. The highest BCUT2D eigenvalue weighted by atomic mass is 19.4. The number of nitrogens with two attached hydrogens (primary N) is 1. The van der Waals surface area contributed by atoms with E-state index in [1.54, 1.807) is 12.1 Å². The predicted molar refractivity (Wildman–Crippen MR) is 87.3 cm³/mol. The zero-order valence-corrected chi connectivity index (χ0v) is 13.8. The number of rotatable bonds is 4. The van der Waals surface area contributed by atoms with Crippen molar-refractivity contribution in [1.82, 2.24) is 0 Å². The SMILES string of the molecule is NC(=O)CC1Oc2ccccc2N(Cc2cc(C(F)(F)F)ccc2F)C1=O. The van der Waals surface area contributed by atoms with Gasteiger partial charge in [-0.2, -0.15) is 13.2 Å². The Morgan fingerprint density at radius 1 is 1.19 bits per heavy atom. The molecule has 0 spiro atoms. The Balaban J connectivity index is 2.00. The maximum absolute atomic E-state index is 14.1. The number of ether oxygens (including phenoxy) is 1. The first-order chi connectivity index (χ1) is 12.7. The number of hydrogen-bond donors (Lipinski definition) is 1. The van der Waals surface area contributed by atoms with Crippen LogP contribution in [0.3, 0.4) is 0 Å². The second kappa shape index (κ2) is 6.90. The lowest BCUT2D eigenvalue weighted by Gasteiger charge is -2.34. The average Bonchev–Trinajstić information content (AvgIpc) is 2.58. The number of benzene rings is 2. The van der Waals surface area contributed by atoms with Crippen molar-refractivity contribution >= 4 is 17.5 Å². The lowest BCUT2D eigenvalue weighted by molar-refractivity contribution is -0.137. The van der Waals surface area contributed by atoms with Crippen LogP contribution in [-0.4, -0.2) is 17.9 Å². The number of primary amides is 1. The van der Waals surface area contributed by atoms with E-state index in [0.717, 1.165) is 4.90 Å². The number of para-hydroxylation sites is 2. The van der Waals surface area contributed by atoms with E-state index in [0.29, 0.717) is 18.2 Å². The summed E-state index contributed by atoms with van der Waals surface area (Å²) in [4.78, 5) is 24.9. The van der Waals surface area contributed by atoms with Gasteiger partial charge < -0.3 is 15.4 Å². The van der Waals surface area contributed by atoms with Crippen LogP contribution in [0.15, 0.2) is 42.5 Å². The number of alkyl halides is 3. The molecule has 0 aliphatic carbocycles. The van der Waals surface area contributed by atoms with Gasteiger partial charge in [0.25, 0.3) is 5.91 Å². The van der Waals surface area contributed by atoms with Gasteiger partial charge in [0.1, 0.15) is 11.6 Å². The van der Waals surface area contributed by atoms with E-state index < -0.39 is 48.4 Å². The largest absolute Gasteiger partial charge is 0.478 e. The molecular formula is C18H14F4N2O3. The van der Waals surface area contributed by atoms with Gasteiger partial charge in [-0.1, -0.05) is 12.1 Å². The molecule has 0 fully saturated rings. The third-order valence-electron chi connectivity index (χ3n) is 4.05. The molecule has 2 N–H and O–H groups in total. The summed E-state index contributed by atoms with van der Waals surface area (Å²) in [6.45, 7) is -0.454. The van der Waals surface area contributed by atoms with Crippen molar-refractivity contribution in [2.24, 2.45) is 5.73 Å². The molecule has 1 unspecified atom stereocenters. The average molecular weight is 382 g/mol. The fourth-order valence-corrected chi connectivity index (χ4v) is 2.79. The van der Waals surface area contributed by atoms with Gasteiger partial charge in [0.15, 0.2) is 6.10 Å². The van der Waals surface area contributed by atoms with Crippen LogP contribution in [0.2, 0.25) is 0 Å². The van der Waals surface area contributed by atoms with E-state index in [1.807, 2.05) is 0 Å². The van der Waals surface area contributed by atoms with Gasteiger partial charge in [-0.15, -0.1) is 0 Å². The molecule has 0 saturated heterocycles. The van der Waals surface area contributed by atoms with Gasteiger partial charge in [-0.05, 0) is 30.3 Å². The predicted octanol–water partition coefficient (Wildman–Crippen LogP) is 3.01. The van der Waals surface area contributed by atoms with Crippen molar-refractivity contribution < 1.29 is 31.9 Å². The summed E-state index contributed by atoms with van der Waals surface area (Å²) in [5.74, 6) is -2.11. The second-order valence-electron chi connectivity index (χ2n) is 5.97. The molecule has 0 bridgehead atoms. The Morgan fingerprint density at radius 2 is 1.89 bits per heavy atom. The summed E-state index contributed by atoms with van der Waals surface area (Å²) in [5.41, 5.74) is 4.05. The second-order valence-corrected chi connectivity index (χ2v) is 5.97. The molecule has 5 nitrogen and oxygen atoms in total. The van der Waals surface area contributed by atoms with Gasteiger partial charge in [0.05, 0.1) is 24.2 Å². The summed E-state index contributed by atoms with van der Waals surface area (Å²) in [6.07, 6.45) is -6.29. The topological polar surface area (TPSA) is 72.6 Å². The number of carbonyl (C=O) groups excluding carboxylic acids is 2. The van der Waals surface area contributed by atoms with Gasteiger partial charge in [-0.25, -0.2) is 4.39 Å². The number of halogens is 4. The molecule has 1 aliphatic rings. The fourth-order valence-electron chi connectivity index (χ4n) is 2.79. The molecule has 0 radical (unpaired) electrons. The van der Waals surface area contributed by atoms with Gasteiger partial charge in [0.2, 0.25) is 5.91 Å². The summed E-state index contributed by atoms with van der Waals surface area (Å²) in [5, 5.41) is 0. The summed E-state index contributed by atoms with van der Waals surface area (Å²) in [7, 11) is 0. The maximum atomic E-state index is 14.1. The lowest BCUT2D eigenvalue weighted by Crippen LogP contribution is -2.47. The normalized spacial score (nSPS) is 16.7. The first-order valence-corrected chi connectivity index (χ1v) is 7.88. The van der Waals surface area contributed by atoms with Crippen molar-refractivity contribution in [3.8, 4) is 5.75 Å². The Labute approximate surface area is 151 Å². The maximum Gasteiger partial charge on any atom is 0.416 e. The fraction of sp³-hybridized carbons (Fsp3) is 0.222. The summed E-state index contributed by atoms with van der Waals surface area (Å²) in [6, 6.07) is 8.26. The number of anilines is 1. The van der Waals surface area contributed by atoms with Crippen molar-refractivity contribution in [3.05, 3.63) is 59.4 Å². The Bertz CT molecular complexity index is 898. The molecule has 9 heteroatoms. The molecule has 2 amide bonds. The monoisotopic (exact) mass is 382 g/mol. The third kappa shape index (κ3) is 3.86. The van der Waals surface area contributed by atoms with E-state index in [9.17, 15) is 27.2 Å². The third-order valence-corrected chi connectivity index (χ3v) is 4.05. The zero-order valence-electron chi connectivity index (χ0n) is 13.8. The Kier molecular flexibility index (Phi) is 4.77. The molecule has 1 aliphatic heterocycles. The summed E-state index contributed by atoms with van der Waals surface area (Å²) < 4.78 is 58.4. The van der Waals surface area contributed by atoms with Gasteiger partial charge in [-0.3, -0.25) is 9.59 Å². The van der Waals surface area contributed by atoms with Crippen LogP contribution in [0.4, 0.5) is 23.2 Å². The molecule has 3 rings (SSSR count). The van der Waals surface area contributed by atoms with Crippen molar-refractivity contribution in [3.63, 3.8) is 0 Å².